The van der Waals surface area contributed by atoms with E-state index in [2.05, 4.69) is 0 Å². The summed E-state index contributed by atoms with van der Waals surface area (Å²) in [6, 6.07) is 4.45. The van der Waals surface area contributed by atoms with Crippen LogP contribution in [0.3, 0.4) is 0 Å². The number of hydrogen-bond donors (Lipinski definition) is 0. The van der Waals surface area contributed by atoms with Gasteiger partial charge in [0, 0.05) is 5.56 Å². The van der Waals surface area contributed by atoms with Gasteiger partial charge in [0.2, 0.25) is 0 Å². The SMILES string of the molecule is CC(C)Cc1cc(C=O)ccc1F. The Morgan fingerprint density at radius 2 is 2.15 bits per heavy atom. The zero-order chi connectivity index (χ0) is 9.84. The van der Waals surface area contributed by atoms with Crippen LogP contribution in [-0.2, 0) is 6.42 Å². The molecule has 0 aliphatic carbocycles. The molecule has 70 valence electrons. The quantitative estimate of drug-likeness (QED) is 0.654. The predicted molar refractivity (Wildman–Crippen MR) is 50.3 cm³/mol. The van der Waals surface area contributed by atoms with E-state index in [0.29, 0.717) is 23.5 Å². The molecule has 13 heavy (non-hydrogen) atoms. The molecule has 0 aliphatic rings. The lowest BCUT2D eigenvalue weighted by molar-refractivity contribution is 0.112. The Balaban J connectivity index is 2.96. The third-order valence-corrected chi connectivity index (χ3v) is 1.83. The van der Waals surface area contributed by atoms with Crippen molar-refractivity contribution in [3.63, 3.8) is 0 Å². The Morgan fingerprint density at radius 3 is 2.69 bits per heavy atom. The molecule has 1 aromatic rings. The molecular formula is C11H13FO. The number of carbonyl (C=O) groups is 1. The maximum absolute atomic E-state index is 13.2. The number of halogens is 1. The van der Waals surface area contributed by atoms with E-state index < -0.39 is 0 Å². The van der Waals surface area contributed by atoms with Crippen molar-refractivity contribution in [1.82, 2.24) is 0 Å². The molecule has 1 aromatic carbocycles. The highest BCUT2D eigenvalue weighted by atomic mass is 19.1. The summed E-state index contributed by atoms with van der Waals surface area (Å²) in [4.78, 5) is 10.4. The molecule has 0 N–H and O–H groups in total. The zero-order valence-corrected chi connectivity index (χ0v) is 7.88. The first-order chi connectivity index (χ1) is 6.13. The van der Waals surface area contributed by atoms with Crippen LogP contribution in [0.1, 0.15) is 29.8 Å². The summed E-state index contributed by atoms with van der Waals surface area (Å²) in [6.07, 6.45) is 1.41. The molecule has 0 radical (unpaired) electrons. The van der Waals surface area contributed by atoms with Crippen molar-refractivity contribution in [2.75, 3.05) is 0 Å². The summed E-state index contributed by atoms with van der Waals surface area (Å²) in [5.74, 6) is 0.177. The smallest absolute Gasteiger partial charge is 0.150 e. The summed E-state index contributed by atoms with van der Waals surface area (Å²) in [7, 11) is 0. The molecule has 0 fully saturated rings. The van der Waals surface area contributed by atoms with Gasteiger partial charge in [-0.2, -0.15) is 0 Å². The third-order valence-electron chi connectivity index (χ3n) is 1.83. The molecule has 0 aliphatic heterocycles. The van der Waals surface area contributed by atoms with Gasteiger partial charge in [-0.25, -0.2) is 4.39 Å². The van der Waals surface area contributed by atoms with Crippen molar-refractivity contribution in [2.24, 2.45) is 5.92 Å². The molecule has 2 heteroatoms. The van der Waals surface area contributed by atoms with E-state index in [1.54, 1.807) is 6.07 Å². The maximum Gasteiger partial charge on any atom is 0.150 e. The van der Waals surface area contributed by atoms with E-state index in [9.17, 15) is 9.18 Å². The van der Waals surface area contributed by atoms with E-state index in [-0.39, 0.29) is 5.82 Å². The van der Waals surface area contributed by atoms with Gasteiger partial charge in [0.05, 0.1) is 0 Å². The number of benzene rings is 1. The third kappa shape index (κ3) is 2.65. The van der Waals surface area contributed by atoms with E-state index in [0.717, 1.165) is 6.29 Å². The normalized spacial score (nSPS) is 10.5. The van der Waals surface area contributed by atoms with Crippen LogP contribution in [-0.4, -0.2) is 6.29 Å². The molecular weight excluding hydrogens is 167 g/mol. The van der Waals surface area contributed by atoms with Gasteiger partial charge in [-0.05, 0) is 36.1 Å². The molecule has 0 aromatic heterocycles. The van der Waals surface area contributed by atoms with Gasteiger partial charge < -0.3 is 0 Å². The highest BCUT2D eigenvalue weighted by Gasteiger charge is 2.05. The van der Waals surface area contributed by atoms with Gasteiger partial charge >= 0.3 is 0 Å². The van der Waals surface area contributed by atoms with Crippen LogP contribution in [0.4, 0.5) is 4.39 Å². The van der Waals surface area contributed by atoms with Crippen LogP contribution in [0, 0.1) is 11.7 Å². The fourth-order valence-corrected chi connectivity index (χ4v) is 1.26. The minimum atomic E-state index is -0.223. The fourth-order valence-electron chi connectivity index (χ4n) is 1.26. The predicted octanol–water partition coefficient (Wildman–Crippen LogP) is 2.84. The second kappa shape index (κ2) is 4.17. The van der Waals surface area contributed by atoms with Crippen molar-refractivity contribution in [3.05, 3.63) is 35.1 Å². The van der Waals surface area contributed by atoms with Crippen LogP contribution in [0.5, 0.6) is 0 Å². The molecule has 0 spiro atoms. The Kier molecular flexibility index (Phi) is 3.18. The van der Waals surface area contributed by atoms with Crippen molar-refractivity contribution in [1.29, 1.82) is 0 Å². The molecule has 0 saturated heterocycles. The van der Waals surface area contributed by atoms with Gasteiger partial charge in [-0.1, -0.05) is 13.8 Å². The fraction of sp³-hybridized carbons (Fsp3) is 0.364. The van der Waals surface area contributed by atoms with Crippen molar-refractivity contribution in [3.8, 4) is 0 Å². The van der Waals surface area contributed by atoms with E-state index in [4.69, 9.17) is 0 Å². The minimum Gasteiger partial charge on any atom is -0.298 e. The molecule has 0 bridgehead atoms. The topological polar surface area (TPSA) is 17.1 Å². The Hall–Kier alpha value is -1.18. The Labute approximate surface area is 77.6 Å². The number of rotatable bonds is 3. The first-order valence-electron chi connectivity index (χ1n) is 4.37. The van der Waals surface area contributed by atoms with Crippen LogP contribution in [0.25, 0.3) is 0 Å². The summed E-state index contributed by atoms with van der Waals surface area (Å²) in [6.45, 7) is 4.04. The summed E-state index contributed by atoms with van der Waals surface area (Å²) in [5, 5.41) is 0. The monoisotopic (exact) mass is 180 g/mol. The first kappa shape index (κ1) is 9.90. The van der Waals surface area contributed by atoms with E-state index >= 15 is 0 Å². The van der Waals surface area contributed by atoms with Crippen molar-refractivity contribution >= 4 is 6.29 Å². The second-order valence-corrected chi connectivity index (χ2v) is 3.57. The lowest BCUT2D eigenvalue weighted by Crippen LogP contribution is -1.98. The Bertz CT molecular complexity index is 305. The molecule has 0 heterocycles. The van der Waals surface area contributed by atoms with Gasteiger partial charge in [0.25, 0.3) is 0 Å². The molecule has 0 saturated carbocycles. The van der Waals surface area contributed by atoms with Crippen LogP contribution < -0.4 is 0 Å². The number of carbonyl (C=O) groups excluding carboxylic acids is 1. The average Bonchev–Trinajstić information content (AvgIpc) is 2.08. The van der Waals surface area contributed by atoms with Crippen LogP contribution >= 0.6 is 0 Å². The van der Waals surface area contributed by atoms with Gasteiger partial charge in [0.1, 0.15) is 12.1 Å². The molecule has 0 atom stereocenters. The standard InChI is InChI=1S/C11H13FO/c1-8(2)5-10-6-9(7-13)3-4-11(10)12/h3-4,6-8H,5H2,1-2H3. The zero-order valence-electron chi connectivity index (χ0n) is 7.88. The number of hydrogen-bond acceptors (Lipinski definition) is 1. The summed E-state index contributed by atoms with van der Waals surface area (Å²) < 4.78 is 13.2. The second-order valence-electron chi connectivity index (χ2n) is 3.57. The Morgan fingerprint density at radius 1 is 1.46 bits per heavy atom. The average molecular weight is 180 g/mol. The first-order valence-corrected chi connectivity index (χ1v) is 4.37. The largest absolute Gasteiger partial charge is 0.298 e. The minimum absolute atomic E-state index is 0.223. The van der Waals surface area contributed by atoms with Gasteiger partial charge in [0.15, 0.2) is 0 Å². The maximum atomic E-state index is 13.2. The van der Waals surface area contributed by atoms with Gasteiger partial charge in [-0.15, -0.1) is 0 Å². The van der Waals surface area contributed by atoms with E-state index in [1.807, 2.05) is 13.8 Å². The van der Waals surface area contributed by atoms with E-state index in [1.165, 1.54) is 12.1 Å². The molecule has 1 nitrogen and oxygen atoms in total. The number of aldehydes is 1. The van der Waals surface area contributed by atoms with Gasteiger partial charge in [-0.3, -0.25) is 4.79 Å². The highest BCUT2D eigenvalue weighted by Crippen LogP contribution is 2.13. The molecule has 1 rings (SSSR count). The molecule has 0 unspecified atom stereocenters. The van der Waals surface area contributed by atoms with Crippen LogP contribution in [0.15, 0.2) is 18.2 Å². The van der Waals surface area contributed by atoms with Crippen molar-refractivity contribution in [2.45, 2.75) is 20.3 Å². The lowest BCUT2D eigenvalue weighted by atomic mass is 10.0. The molecule has 0 amide bonds. The summed E-state index contributed by atoms with van der Waals surface area (Å²) in [5.41, 5.74) is 1.16. The highest BCUT2D eigenvalue weighted by molar-refractivity contribution is 5.74. The van der Waals surface area contributed by atoms with Crippen molar-refractivity contribution < 1.29 is 9.18 Å². The lowest BCUT2D eigenvalue weighted by Gasteiger charge is -2.06. The summed E-state index contributed by atoms with van der Waals surface area (Å²) >= 11 is 0. The van der Waals surface area contributed by atoms with Crippen LogP contribution in [0.2, 0.25) is 0 Å².